The highest BCUT2D eigenvalue weighted by molar-refractivity contribution is 6.25. The quantitative estimate of drug-likeness (QED) is 0.373. The molecular formula is C32H23NO3. The van der Waals surface area contributed by atoms with E-state index >= 15 is 0 Å². The van der Waals surface area contributed by atoms with Gasteiger partial charge in [-0.05, 0) is 52.4 Å². The van der Waals surface area contributed by atoms with E-state index in [-0.39, 0.29) is 23.5 Å². The molecular weight excluding hydrogens is 446 g/mol. The highest BCUT2D eigenvalue weighted by Crippen LogP contribution is 2.64. The molecule has 4 nitrogen and oxygen atoms in total. The molecule has 4 heteroatoms. The third-order valence-electron chi connectivity index (χ3n) is 8.41. The highest BCUT2D eigenvalue weighted by atomic mass is 16.2. The maximum absolute atomic E-state index is 14.2. The van der Waals surface area contributed by atoms with Crippen molar-refractivity contribution in [1.82, 2.24) is 0 Å². The smallest absolute Gasteiger partial charge is 0.239 e. The van der Waals surface area contributed by atoms with Gasteiger partial charge >= 0.3 is 0 Å². The number of benzene rings is 4. The Morgan fingerprint density at radius 3 is 1.78 bits per heavy atom. The second kappa shape index (κ2) is 7.34. The first-order chi connectivity index (χ1) is 17.5. The molecule has 0 N–H and O–H groups in total. The lowest BCUT2D eigenvalue weighted by atomic mass is 9.46. The van der Waals surface area contributed by atoms with Crippen molar-refractivity contribution in [3.05, 3.63) is 125 Å². The van der Waals surface area contributed by atoms with E-state index in [0.29, 0.717) is 5.69 Å². The van der Waals surface area contributed by atoms with Crippen LogP contribution in [0.4, 0.5) is 5.69 Å². The van der Waals surface area contributed by atoms with Crippen LogP contribution in [0.2, 0.25) is 0 Å². The molecule has 0 saturated carbocycles. The molecule has 4 aromatic rings. The average Bonchev–Trinajstić information content (AvgIpc) is 3.19. The summed E-state index contributed by atoms with van der Waals surface area (Å²) in [6, 6.07) is 33.2. The third kappa shape index (κ3) is 2.46. The largest absolute Gasteiger partial charge is 0.299 e. The first kappa shape index (κ1) is 21.0. The molecule has 36 heavy (non-hydrogen) atoms. The van der Waals surface area contributed by atoms with Crippen molar-refractivity contribution >= 4 is 23.3 Å². The van der Waals surface area contributed by atoms with Gasteiger partial charge in [0.05, 0.1) is 22.9 Å². The minimum absolute atomic E-state index is 0.0991. The van der Waals surface area contributed by atoms with Gasteiger partial charge in [0.15, 0.2) is 0 Å². The predicted molar refractivity (Wildman–Crippen MR) is 138 cm³/mol. The van der Waals surface area contributed by atoms with Crippen LogP contribution in [0.1, 0.15) is 35.1 Å². The Morgan fingerprint density at radius 1 is 0.667 bits per heavy atom. The summed E-state index contributed by atoms with van der Waals surface area (Å²) in [6.07, 6.45) is 0. The number of ketones is 1. The van der Waals surface area contributed by atoms with Crippen LogP contribution in [0.25, 0.3) is 11.1 Å². The number of amides is 2. The van der Waals surface area contributed by atoms with Crippen molar-refractivity contribution < 1.29 is 14.4 Å². The van der Waals surface area contributed by atoms with E-state index in [9.17, 15) is 14.4 Å². The number of hydrogen-bond acceptors (Lipinski definition) is 3. The Hall–Kier alpha value is -4.31. The summed E-state index contributed by atoms with van der Waals surface area (Å²) in [5.74, 6) is -2.24. The highest BCUT2D eigenvalue weighted by Gasteiger charge is 2.69. The van der Waals surface area contributed by atoms with Crippen LogP contribution in [-0.2, 0) is 19.8 Å². The Labute approximate surface area is 209 Å². The van der Waals surface area contributed by atoms with Gasteiger partial charge in [0.2, 0.25) is 11.8 Å². The number of imide groups is 1. The van der Waals surface area contributed by atoms with E-state index in [1.165, 1.54) is 4.90 Å². The zero-order valence-corrected chi connectivity index (χ0v) is 19.7. The number of rotatable bonds is 3. The second-order valence-corrected chi connectivity index (χ2v) is 9.94. The van der Waals surface area contributed by atoms with Gasteiger partial charge in [-0.15, -0.1) is 0 Å². The summed E-state index contributed by atoms with van der Waals surface area (Å²) >= 11 is 0. The molecule has 0 radical (unpaired) electrons. The number of carbonyl (C=O) groups is 3. The lowest BCUT2D eigenvalue weighted by Crippen LogP contribution is -2.57. The molecule has 1 fully saturated rings. The van der Waals surface area contributed by atoms with E-state index in [1.54, 1.807) is 6.92 Å². The SMILES string of the molecule is CC(=O)C12c3ccccc3C(c3ccccc31)[C@H]1C(=O)N(c3ccc(-c4ccccc4)cc3)C(=O)[C@@H]12. The number of nitrogens with zero attached hydrogens (tertiary/aromatic N) is 1. The molecule has 0 unspecified atom stereocenters. The summed E-state index contributed by atoms with van der Waals surface area (Å²) in [5.41, 5.74) is 5.15. The van der Waals surface area contributed by atoms with Crippen molar-refractivity contribution in [1.29, 1.82) is 0 Å². The van der Waals surface area contributed by atoms with Crippen molar-refractivity contribution in [3.8, 4) is 11.1 Å². The molecule has 8 rings (SSSR count). The molecule has 4 aliphatic rings. The molecule has 2 bridgehead atoms. The molecule has 1 heterocycles. The van der Waals surface area contributed by atoms with E-state index < -0.39 is 17.3 Å². The predicted octanol–water partition coefficient (Wildman–Crippen LogP) is 5.49. The van der Waals surface area contributed by atoms with E-state index in [2.05, 4.69) is 0 Å². The Bertz CT molecular complexity index is 1520. The summed E-state index contributed by atoms with van der Waals surface area (Å²) < 4.78 is 0. The second-order valence-electron chi connectivity index (χ2n) is 9.94. The van der Waals surface area contributed by atoms with Crippen LogP contribution in [-0.4, -0.2) is 17.6 Å². The standard InChI is InChI=1S/C32H23NO3/c1-19(34)32-25-13-7-5-11-23(25)27(24-12-6-8-14-26(24)32)28-29(32)31(36)33(30(28)35)22-17-15-21(16-18-22)20-9-3-2-4-10-20/h2-18,27-29H,1H3/t27?,28-,29-,32?/m1/s1. The summed E-state index contributed by atoms with van der Waals surface area (Å²) in [4.78, 5) is 43.2. The Kier molecular flexibility index (Phi) is 4.29. The minimum Gasteiger partial charge on any atom is -0.299 e. The fraction of sp³-hybridized carbons (Fsp3) is 0.156. The molecule has 1 saturated heterocycles. The monoisotopic (exact) mass is 469 g/mol. The summed E-state index contributed by atoms with van der Waals surface area (Å²) in [6.45, 7) is 1.56. The fourth-order valence-electron chi connectivity index (χ4n) is 7.06. The zero-order valence-electron chi connectivity index (χ0n) is 19.7. The summed E-state index contributed by atoms with van der Waals surface area (Å²) in [7, 11) is 0. The van der Waals surface area contributed by atoms with Crippen molar-refractivity contribution in [2.24, 2.45) is 11.8 Å². The van der Waals surface area contributed by atoms with Gasteiger partial charge in [-0.25, -0.2) is 4.90 Å². The lowest BCUT2D eigenvalue weighted by molar-refractivity contribution is -0.132. The topological polar surface area (TPSA) is 54.5 Å². The van der Waals surface area contributed by atoms with Crippen LogP contribution in [0.15, 0.2) is 103 Å². The van der Waals surface area contributed by atoms with Gasteiger partial charge < -0.3 is 0 Å². The molecule has 3 aliphatic carbocycles. The average molecular weight is 470 g/mol. The van der Waals surface area contributed by atoms with Crippen LogP contribution in [0.5, 0.6) is 0 Å². The van der Waals surface area contributed by atoms with Crippen LogP contribution < -0.4 is 4.90 Å². The van der Waals surface area contributed by atoms with E-state index in [0.717, 1.165) is 33.4 Å². The first-order valence-electron chi connectivity index (χ1n) is 12.3. The van der Waals surface area contributed by atoms with Crippen molar-refractivity contribution in [3.63, 3.8) is 0 Å². The first-order valence-corrected chi connectivity index (χ1v) is 12.3. The number of anilines is 1. The normalized spacial score (nSPS) is 25.4. The summed E-state index contributed by atoms with van der Waals surface area (Å²) in [5, 5.41) is 0. The number of Topliss-reactive ketones (excluding diaryl/α,β-unsaturated/α-hetero) is 1. The van der Waals surface area contributed by atoms with Crippen molar-refractivity contribution in [2.45, 2.75) is 18.3 Å². The molecule has 174 valence electrons. The molecule has 0 aromatic heterocycles. The lowest BCUT2D eigenvalue weighted by Gasteiger charge is -2.52. The van der Waals surface area contributed by atoms with Gasteiger partial charge in [0.25, 0.3) is 0 Å². The zero-order chi connectivity index (χ0) is 24.6. The number of carbonyl (C=O) groups excluding carboxylic acids is 3. The molecule has 1 aliphatic heterocycles. The molecule has 0 spiro atoms. The fourth-order valence-corrected chi connectivity index (χ4v) is 7.06. The van der Waals surface area contributed by atoms with Gasteiger partial charge in [0.1, 0.15) is 5.78 Å². The number of hydrogen-bond donors (Lipinski definition) is 0. The van der Waals surface area contributed by atoms with Gasteiger partial charge in [0, 0.05) is 5.92 Å². The molecule has 2 atom stereocenters. The minimum atomic E-state index is -1.17. The van der Waals surface area contributed by atoms with Crippen LogP contribution in [0.3, 0.4) is 0 Å². The van der Waals surface area contributed by atoms with Crippen LogP contribution in [0, 0.1) is 11.8 Å². The Morgan fingerprint density at radius 2 is 1.19 bits per heavy atom. The van der Waals surface area contributed by atoms with Gasteiger partial charge in [-0.3, -0.25) is 14.4 Å². The maximum atomic E-state index is 14.2. The van der Waals surface area contributed by atoms with E-state index in [1.807, 2.05) is 103 Å². The van der Waals surface area contributed by atoms with Gasteiger partial charge in [-0.1, -0.05) is 91.0 Å². The van der Waals surface area contributed by atoms with E-state index in [4.69, 9.17) is 0 Å². The third-order valence-corrected chi connectivity index (χ3v) is 8.41. The molecule has 2 amide bonds. The Balaban J connectivity index is 1.41. The van der Waals surface area contributed by atoms with Gasteiger partial charge in [-0.2, -0.15) is 0 Å². The molecule has 4 aromatic carbocycles. The maximum Gasteiger partial charge on any atom is 0.239 e. The van der Waals surface area contributed by atoms with Crippen LogP contribution >= 0.6 is 0 Å². The van der Waals surface area contributed by atoms with Crippen molar-refractivity contribution in [2.75, 3.05) is 4.90 Å².